The van der Waals surface area contributed by atoms with Gasteiger partial charge in [0, 0.05) is 13.1 Å². The van der Waals surface area contributed by atoms with Crippen molar-refractivity contribution in [3.8, 4) is 0 Å². The molecule has 2 aromatic rings. The van der Waals surface area contributed by atoms with Crippen LogP contribution in [0, 0.1) is 0 Å². The third kappa shape index (κ3) is 2.11. The third-order valence-corrected chi connectivity index (χ3v) is 3.06. The average molecular weight is 250 g/mol. The second kappa shape index (κ2) is 4.56. The van der Waals surface area contributed by atoms with Crippen molar-refractivity contribution >= 4 is 22.6 Å². The fourth-order valence-corrected chi connectivity index (χ4v) is 2.19. The van der Waals surface area contributed by atoms with Gasteiger partial charge < -0.3 is 10.1 Å². The van der Waals surface area contributed by atoms with Gasteiger partial charge in [0.25, 0.3) is 0 Å². The molecule has 0 radical (unpaired) electrons. The molecule has 0 bridgehead atoms. The number of nitrogens with one attached hydrogen (secondary N) is 1. The van der Waals surface area contributed by atoms with Crippen molar-refractivity contribution in [2.45, 2.75) is 6.10 Å². The van der Waals surface area contributed by atoms with Gasteiger partial charge in [-0.05, 0) is 12.1 Å². The van der Waals surface area contributed by atoms with Crippen LogP contribution in [-0.2, 0) is 4.74 Å². The predicted molar refractivity (Wildman–Crippen MR) is 66.1 cm³/mol. The van der Waals surface area contributed by atoms with E-state index >= 15 is 0 Å². The van der Waals surface area contributed by atoms with Crippen molar-refractivity contribution in [2.75, 3.05) is 19.7 Å². The van der Waals surface area contributed by atoms with Gasteiger partial charge >= 0.3 is 0 Å². The zero-order valence-electron chi connectivity index (χ0n) is 9.19. The maximum atomic E-state index is 6.16. The summed E-state index contributed by atoms with van der Waals surface area (Å²) in [5.41, 5.74) is 2.38. The minimum Gasteiger partial charge on any atom is -0.369 e. The largest absolute Gasteiger partial charge is 0.369 e. The summed E-state index contributed by atoms with van der Waals surface area (Å²) in [6.07, 6.45) is -0.103. The SMILES string of the molecule is Clc1nc2ccccc2nc1C1CNCCO1. The van der Waals surface area contributed by atoms with Gasteiger partial charge in [0.05, 0.1) is 17.6 Å². The van der Waals surface area contributed by atoms with Gasteiger partial charge in [-0.25, -0.2) is 9.97 Å². The molecule has 1 atom stereocenters. The number of rotatable bonds is 1. The van der Waals surface area contributed by atoms with E-state index in [0.29, 0.717) is 11.8 Å². The first kappa shape index (κ1) is 10.9. The molecule has 17 heavy (non-hydrogen) atoms. The highest BCUT2D eigenvalue weighted by molar-refractivity contribution is 6.30. The molecule has 2 heterocycles. The summed E-state index contributed by atoms with van der Waals surface area (Å²) in [5, 5.41) is 3.69. The maximum Gasteiger partial charge on any atom is 0.154 e. The van der Waals surface area contributed by atoms with Crippen molar-refractivity contribution < 1.29 is 4.74 Å². The normalized spacial score (nSPS) is 20.6. The molecule has 88 valence electrons. The van der Waals surface area contributed by atoms with Crippen molar-refractivity contribution in [2.24, 2.45) is 0 Å². The quantitative estimate of drug-likeness (QED) is 0.839. The van der Waals surface area contributed by atoms with Crippen LogP contribution < -0.4 is 5.32 Å². The molecule has 1 aliphatic rings. The lowest BCUT2D eigenvalue weighted by Gasteiger charge is -2.23. The van der Waals surface area contributed by atoms with Crippen LogP contribution in [0.5, 0.6) is 0 Å². The first-order valence-electron chi connectivity index (χ1n) is 5.59. The summed E-state index contributed by atoms with van der Waals surface area (Å²) in [6.45, 7) is 2.28. The Kier molecular flexibility index (Phi) is 2.93. The second-order valence-electron chi connectivity index (χ2n) is 3.95. The zero-order valence-corrected chi connectivity index (χ0v) is 9.94. The molecule has 1 saturated heterocycles. The summed E-state index contributed by atoms with van der Waals surface area (Å²) in [4.78, 5) is 8.88. The van der Waals surface area contributed by atoms with Gasteiger partial charge in [-0.1, -0.05) is 23.7 Å². The van der Waals surface area contributed by atoms with Gasteiger partial charge in [0.15, 0.2) is 5.15 Å². The van der Waals surface area contributed by atoms with Gasteiger partial charge in [0.2, 0.25) is 0 Å². The molecular formula is C12H12ClN3O. The minimum absolute atomic E-state index is 0.103. The monoisotopic (exact) mass is 249 g/mol. The van der Waals surface area contributed by atoms with Crippen molar-refractivity contribution in [1.29, 1.82) is 0 Å². The molecule has 3 rings (SSSR count). The van der Waals surface area contributed by atoms with Crippen LogP contribution in [0.4, 0.5) is 0 Å². The molecular weight excluding hydrogens is 238 g/mol. The Labute approximate surface area is 104 Å². The van der Waals surface area contributed by atoms with Crippen LogP contribution >= 0.6 is 11.6 Å². The highest BCUT2D eigenvalue weighted by Gasteiger charge is 2.21. The highest BCUT2D eigenvalue weighted by Crippen LogP contribution is 2.25. The smallest absolute Gasteiger partial charge is 0.154 e. The predicted octanol–water partition coefficient (Wildman–Crippen LogP) is 1.94. The van der Waals surface area contributed by atoms with E-state index < -0.39 is 0 Å². The Hall–Kier alpha value is -1.23. The molecule has 1 aliphatic heterocycles. The lowest BCUT2D eigenvalue weighted by molar-refractivity contribution is 0.0251. The molecule has 1 aromatic carbocycles. The fourth-order valence-electron chi connectivity index (χ4n) is 1.94. The van der Waals surface area contributed by atoms with Gasteiger partial charge in [0.1, 0.15) is 11.8 Å². The molecule has 0 amide bonds. The molecule has 1 fully saturated rings. The van der Waals surface area contributed by atoms with Crippen LogP contribution in [0.25, 0.3) is 11.0 Å². The first-order chi connectivity index (χ1) is 8.34. The number of hydrogen-bond acceptors (Lipinski definition) is 4. The fraction of sp³-hybridized carbons (Fsp3) is 0.333. The third-order valence-electron chi connectivity index (χ3n) is 2.79. The number of fused-ring (bicyclic) bond motifs is 1. The molecule has 5 heteroatoms. The number of aromatic nitrogens is 2. The Bertz CT molecular complexity index is 540. The van der Waals surface area contributed by atoms with Crippen LogP contribution in [0.2, 0.25) is 5.15 Å². The highest BCUT2D eigenvalue weighted by atomic mass is 35.5. The summed E-state index contributed by atoms with van der Waals surface area (Å²) in [7, 11) is 0. The van der Waals surface area contributed by atoms with E-state index in [1.807, 2.05) is 24.3 Å². The standard InChI is InChI=1S/C12H12ClN3O/c13-12-11(10-7-14-5-6-17-10)15-8-3-1-2-4-9(8)16-12/h1-4,10,14H,5-7H2. The molecule has 4 nitrogen and oxygen atoms in total. The van der Waals surface area contributed by atoms with Crippen molar-refractivity contribution in [1.82, 2.24) is 15.3 Å². The molecule has 0 spiro atoms. The molecule has 0 aliphatic carbocycles. The van der Waals surface area contributed by atoms with Gasteiger partial charge in [-0.3, -0.25) is 0 Å². The summed E-state index contributed by atoms with van der Waals surface area (Å²) in [6, 6.07) is 7.69. The van der Waals surface area contributed by atoms with E-state index in [-0.39, 0.29) is 6.10 Å². The maximum absolute atomic E-state index is 6.16. The molecule has 0 saturated carbocycles. The Morgan fingerprint density at radius 3 is 2.71 bits per heavy atom. The van der Waals surface area contributed by atoms with Crippen molar-refractivity contribution in [3.05, 3.63) is 35.1 Å². The average Bonchev–Trinajstić information content (AvgIpc) is 2.39. The number of para-hydroxylation sites is 2. The summed E-state index contributed by atoms with van der Waals surface area (Å²) >= 11 is 6.16. The Morgan fingerprint density at radius 1 is 1.24 bits per heavy atom. The van der Waals surface area contributed by atoms with Gasteiger partial charge in [-0.2, -0.15) is 0 Å². The van der Waals surface area contributed by atoms with E-state index in [9.17, 15) is 0 Å². The van der Waals surface area contributed by atoms with Crippen LogP contribution in [0.1, 0.15) is 11.8 Å². The number of benzene rings is 1. The number of halogens is 1. The van der Waals surface area contributed by atoms with E-state index in [2.05, 4.69) is 15.3 Å². The molecule has 1 unspecified atom stereocenters. The lowest BCUT2D eigenvalue weighted by atomic mass is 10.2. The topological polar surface area (TPSA) is 47.0 Å². The number of hydrogen-bond donors (Lipinski definition) is 1. The van der Waals surface area contributed by atoms with Gasteiger partial charge in [-0.15, -0.1) is 0 Å². The second-order valence-corrected chi connectivity index (χ2v) is 4.31. The van der Waals surface area contributed by atoms with Crippen LogP contribution in [0.15, 0.2) is 24.3 Å². The van der Waals surface area contributed by atoms with E-state index in [0.717, 1.165) is 29.8 Å². The summed E-state index contributed by atoms with van der Waals surface area (Å²) < 4.78 is 5.64. The number of ether oxygens (including phenoxy) is 1. The van der Waals surface area contributed by atoms with E-state index in [1.54, 1.807) is 0 Å². The van der Waals surface area contributed by atoms with Crippen LogP contribution in [0.3, 0.4) is 0 Å². The number of nitrogens with zero attached hydrogens (tertiary/aromatic N) is 2. The van der Waals surface area contributed by atoms with Crippen molar-refractivity contribution in [3.63, 3.8) is 0 Å². The van der Waals surface area contributed by atoms with Crippen LogP contribution in [-0.4, -0.2) is 29.7 Å². The summed E-state index contributed by atoms with van der Waals surface area (Å²) in [5.74, 6) is 0. The Morgan fingerprint density at radius 2 is 2.00 bits per heavy atom. The van der Waals surface area contributed by atoms with E-state index in [1.165, 1.54) is 0 Å². The minimum atomic E-state index is -0.103. The first-order valence-corrected chi connectivity index (χ1v) is 5.97. The van der Waals surface area contributed by atoms with E-state index in [4.69, 9.17) is 16.3 Å². The molecule has 1 aromatic heterocycles. The Balaban J connectivity index is 2.06. The lowest BCUT2D eigenvalue weighted by Crippen LogP contribution is -2.34. The molecule has 1 N–H and O–H groups in total. The number of morpholine rings is 1. The zero-order chi connectivity index (χ0) is 11.7.